The van der Waals surface area contributed by atoms with Crippen LogP contribution in [0.2, 0.25) is 0 Å². The SMILES string of the molecule is CCN(CCO)C(C)C(=O)Nc1cccc(CN)c1. The van der Waals surface area contributed by atoms with Crippen LogP contribution in [0.1, 0.15) is 19.4 Å². The van der Waals surface area contributed by atoms with Gasteiger partial charge in [-0.2, -0.15) is 0 Å². The van der Waals surface area contributed by atoms with Gasteiger partial charge in [0.15, 0.2) is 0 Å². The Labute approximate surface area is 114 Å². The van der Waals surface area contributed by atoms with Gasteiger partial charge in [-0.05, 0) is 31.2 Å². The molecule has 0 saturated carbocycles. The van der Waals surface area contributed by atoms with Gasteiger partial charge < -0.3 is 16.2 Å². The summed E-state index contributed by atoms with van der Waals surface area (Å²) in [6, 6.07) is 7.22. The summed E-state index contributed by atoms with van der Waals surface area (Å²) in [7, 11) is 0. The Bertz CT molecular complexity index is 409. The third kappa shape index (κ3) is 4.63. The lowest BCUT2D eigenvalue weighted by Crippen LogP contribution is -2.43. The van der Waals surface area contributed by atoms with Crippen LogP contribution in [0.15, 0.2) is 24.3 Å². The van der Waals surface area contributed by atoms with E-state index >= 15 is 0 Å². The van der Waals surface area contributed by atoms with Crippen LogP contribution >= 0.6 is 0 Å². The first-order chi connectivity index (χ1) is 9.12. The molecule has 19 heavy (non-hydrogen) atoms. The molecule has 5 heteroatoms. The minimum Gasteiger partial charge on any atom is -0.395 e. The molecular weight excluding hydrogens is 242 g/mol. The highest BCUT2D eigenvalue weighted by Crippen LogP contribution is 2.11. The quantitative estimate of drug-likeness (QED) is 0.681. The summed E-state index contributed by atoms with van der Waals surface area (Å²) in [5, 5.41) is 11.8. The molecule has 0 saturated heterocycles. The smallest absolute Gasteiger partial charge is 0.241 e. The third-order valence-electron chi connectivity index (χ3n) is 3.15. The van der Waals surface area contributed by atoms with E-state index in [9.17, 15) is 4.79 Å². The van der Waals surface area contributed by atoms with Gasteiger partial charge in [-0.15, -0.1) is 0 Å². The molecule has 1 aromatic carbocycles. The summed E-state index contributed by atoms with van der Waals surface area (Å²) in [6.07, 6.45) is 0. The monoisotopic (exact) mass is 265 g/mol. The minimum absolute atomic E-state index is 0.0497. The maximum Gasteiger partial charge on any atom is 0.241 e. The van der Waals surface area contributed by atoms with Crippen molar-refractivity contribution in [3.63, 3.8) is 0 Å². The van der Waals surface area contributed by atoms with Gasteiger partial charge in [0.05, 0.1) is 12.6 Å². The number of hydrogen-bond donors (Lipinski definition) is 3. The molecule has 0 aliphatic carbocycles. The molecule has 0 aromatic heterocycles. The van der Waals surface area contributed by atoms with E-state index in [1.165, 1.54) is 0 Å². The number of amides is 1. The molecule has 0 radical (unpaired) electrons. The van der Waals surface area contributed by atoms with Crippen molar-refractivity contribution >= 4 is 11.6 Å². The number of rotatable bonds is 7. The highest BCUT2D eigenvalue weighted by Gasteiger charge is 2.19. The summed E-state index contributed by atoms with van der Waals surface area (Å²) in [5.74, 6) is -0.0792. The van der Waals surface area contributed by atoms with E-state index in [4.69, 9.17) is 10.8 Å². The van der Waals surface area contributed by atoms with Crippen molar-refractivity contribution in [3.8, 4) is 0 Å². The number of aliphatic hydroxyl groups is 1. The number of carbonyl (C=O) groups excluding carboxylic acids is 1. The fourth-order valence-corrected chi connectivity index (χ4v) is 1.94. The van der Waals surface area contributed by atoms with Gasteiger partial charge in [0.2, 0.25) is 5.91 Å². The lowest BCUT2D eigenvalue weighted by molar-refractivity contribution is -0.120. The largest absolute Gasteiger partial charge is 0.395 e. The van der Waals surface area contributed by atoms with Gasteiger partial charge in [-0.3, -0.25) is 9.69 Å². The summed E-state index contributed by atoms with van der Waals surface area (Å²) >= 11 is 0. The summed E-state index contributed by atoms with van der Waals surface area (Å²) in [6.45, 7) is 5.51. The first-order valence-corrected chi connectivity index (χ1v) is 6.57. The molecule has 1 aromatic rings. The Balaban J connectivity index is 2.67. The predicted octanol–water partition coefficient (Wildman–Crippen LogP) is 0.786. The molecule has 1 unspecified atom stereocenters. The molecule has 0 aliphatic heterocycles. The summed E-state index contributed by atoms with van der Waals surface area (Å²) in [4.78, 5) is 14.0. The van der Waals surface area contributed by atoms with Crippen molar-refractivity contribution in [2.75, 3.05) is 25.0 Å². The first kappa shape index (κ1) is 15.6. The molecule has 5 nitrogen and oxygen atoms in total. The molecule has 0 aliphatic rings. The molecule has 0 bridgehead atoms. The maximum atomic E-state index is 12.1. The zero-order chi connectivity index (χ0) is 14.3. The van der Waals surface area contributed by atoms with Gasteiger partial charge >= 0.3 is 0 Å². The lowest BCUT2D eigenvalue weighted by Gasteiger charge is -2.26. The van der Waals surface area contributed by atoms with E-state index in [1.807, 2.05) is 43.0 Å². The van der Waals surface area contributed by atoms with E-state index < -0.39 is 0 Å². The Morgan fingerprint density at radius 3 is 2.84 bits per heavy atom. The van der Waals surface area contributed by atoms with Crippen LogP contribution in [0, 0.1) is 0 Å². The zero-order valence-electron chi connectivity index (χ0n) is 11.6. The Kier molecular flexibility index (Phi) is 6.49. The number of carbonyl (C=O) groups is 1. The van der Waals surface area contributed by atoms with Gasteiger partial charge in [0.1, 0.15) is 0 Å². The van der Waals surface area contributed by atoms with Crippen LogP contribution in [0.4, 0.5) is 5.69 Å². The molecule has 1 rings (SSSR count). The second kappa shape index (κ2) is 7.89. The number of anilines is 1. The average molecular weight is 265 g/mol. The van der Waals surface area contributed by atoms with Crippen molar-refractivity contribution < 1.29 is 9.90 Å². The number of benzene rings is 1. The van der Waals surface area contributed by atoms with E-state index in [-0.39, 0.29) is 18.6 Å². The molecule has 1 amide bonds. The standard InChI is InChI=1S/C14H23N3O2/c1-3-17(7-8-18)11(2)14(19)16-13-6-4-5-12(9-13)10-15/h4-6,9,11,18H,3,7-8,10,15H2,1-2H3,(H,16,19). The molecule has 0 fully saturated rings. The third-order valence-corrected chi connectivity index (χ3v) is 3.15. The van der Waals surface area contributed by atoms with Crippen LogP contribution in [-0.4, -0.2) is 41.7 Å². The fraction of sp³-hybridized carbons (Fsp3) is 0.500. The Morgan fingerprint density at radius 1 is 1.53 bits per heavy atom. The van der Waals surface area contributed by atoms with E-state index in [0.29, 0.717) is 13.1 Å². The van der Waals surface area contributed by atoms with Gasteiger partial charge in [-0.25, -0.2) is 0 Å². The second-order valence-electron chi connectivity index (χ2n) is 4.42. The minimum atomic E-state index is -0.279. The number of nitrogens with one attached hydrogen (secondary N) is 1. The van der Waals surface area contributed by atoms with Crippen molar-refractivity contribution in [2.24, 2.45) is 5.73 Å². The Morgan fingerprint density at radius 2 is 2.26 bits per heavy atom. The highest BCUT2D eigenvalue weighted by molar-refractivity contribution is 5.94. The van der Waals surface area contributed by atoms with Gasteiger partial charge in [0.25, 0.3) is 0 Å². The summed E-state index contributed by atoms with van der Waals surface area (Å²) < 4.78 is 0. The number of nitrogens with two attached hydrogens (primary N) is 1. The number of hydrogen-bond acceptors (Lipinski definition) is 4. The van der Waals surface area contributed by atoms with Crippen molar-refractivity contribution in [1.29, 1.82) is 0 Å². The zero-order valence-corrected chi connectivity index (χ0v) is 11.6. The van der Waals surface area contributed by atoms with E-state index in [1.54, 1.807) is 0 Å². The number of aliphatic hydroxyl groups excluding tert-OH is 1. The molecule has 0 heterocycles. The normalized spacial score (nSPS) is 12.5. The average Bonchev–Trinajstić information content (AvgIpc) is 2.44. The lowest BCUT2D eigenvalue weighted by atomic mass is 10.2. The Hall–Kier alpha value is -1.43. The van der Waals surface area contributed by atoms with Crippen LogP contribution in [0.25, 0.3) is 0 Å². The molecule has 0 spiro atoms. The fourth-order valence-electron chi connectivity index (χ4n) is 1.94. The van der Waals surface area contributed by atoms with E-state index in [2.05, 4.69) is 5.32 Å². The number of nitrogens with zero attached hydrogens (tertiary/aromatic N) is 1. The predicted molar refractivity (Wildman–Crippen MR) is 76.8 cm³/mol. The molecular formula is C14H23N3O2. The molecule has 1 atom stereocenters. The van der Waals surface area contributed by atoms with Crippen LogP contribution in [-0.2, 0) is 11.3 Å². The molecule has 106 valence electrons. The van der Waals surface area contributed by atoms with Crippen LogP contribution < -0.4 is 11.1 Å². The highest BCUT2D eigenvalue weighted by atomic mass is 16.3. The van der Waals surface area contributed by atoms with Gasteiger partial charge in [0, 0.05) is 18.8 Å². The maximum absolute atomic E-state index is 12.1. The first-order valence-electron chi connectivity index (χ1n) is 6.57. The van der Waals surface area contributed by atoms with E-state index in [0.717, 1.165) is 17.8 Å². The van der Waals surface area contributed by atoms with Crippen LogP contribution in [0.3, 0.4) is 0 Å². The van der Waals surface area contributed by atoms with Crippen molar-refractivity contribution in [3.05, 3.63) is 29.8 Å². The molecule has 4 N–H and O–H groups in total. The topological polar surface area (TPSA) is 78.6 Å². The summed E-state index contributed by atoms with van der Waals surface area (Å²) in [5.41, 5.74) is 7.30. The van der Waals surface area contributed by atoms with Gasteiger partial charge in [-0.1, -0.05) is 19.1 Å². The van der Waals surface area contributed by atoms with Crippen molar-refractivity contribution in [2.45, 2.75) is 26.4 Å². The second-order valence-corrected chi connectivity index (χ2v) is 4.42. The van der Waals surface area contributed by atoms with Crippen molar-refractivity contribution in [1.82, 2.24) is 4.90 Å². The van der Waals surface area contributed by atoms with Crippen LogP contribution in [0.5, 0.6) is 0 Å². The number of likely N-dealkylation sites (N-methyl/N-ethyl adjacent to an activating group) is 1.